The summed E-state index contributed by atoms with van der Waals surface area (Å²) in [6.45, 7) is 1.95. The molecule has 2 nitrogen and oxygen atoms in total. The normalized spacial score (nSPS) is 16.8. The highest BCUT2D eigenvalue weighted by atomic mass is 16.3. The lowest BCUT2D eigenvalue weighted by atomic mass is 10.1. The molecule has 11 heavy (non-hydrogen) atoms. The Morgan fingerprint density at radius 2 is 1.73 bits per heavy atom. The van der Waals surface area contributed by atoms with Crippen LogP contribution in [0.4, 0.5) is 0 Å². The number of aliphatic hydroxyl groups excluding tert-OH is 1. The maximum atomic E-state index is 8.86. The lowest BCUT2D eigenvalue weighted by molar-refractivity contribution is 0.106. The van der Waals surface area contributed by atoms with E-state index >= 15 is 0 Å². The first kappa shape index (κ1) is 6.83. The molecule has 1 N–H and O–H groups in total. The molecule has 0 spiro atoms. The zero-order valence-electron chi connectivity index (χ0n) is 6.33. The van der Waals surface area contributed by atoms with Crippen LogP contribution in [-0.4, -0.2) is 16.7 Å². The number of aliphatic hydroxyl groups is 1. The largest absolute Gasteiger partial charge is 0.381 e. The zero-order valence-corrected chi connectivity index (χ0v) is 6.33. The average molecular weight is 149 g/mol. The summed E-state index contributed by atoms with van der Waals surface area (Å²) in [4.78, 5) is 2.00. The number of rotatable bonds is 1. The SMILES string of the molecule is OCN1Cc2ccccc2C1. The summed E-state index contributed by atoms with van der Waals surface area (Å²) in [5.74, 6) is 0. The summed E-state index contributed by atoms with van der Waals surface area (Å²) in [5, 5.41) is 8.86. The predicted octanol–water partition coefficient (Wildman–Crippen LogP) is 0.952. The Labute approximate surface area is 66.1 Å². The third-order valence-electron chi connectivity index (χ3n) is 2.11. The highest BCUT2D eigenvalue weighted by molar-refractivity contribution is 5.29. The molecule has 0 saturated heterocycles. The molecule has 0 saturated carbocycles. The van der Waals surface area contributed by atoms with E-state index in [9.17, 15) is 0 Å². The summed E-state index contributed by atoms with van der Waals surface area (Å²) < 4.78 is 0. The number of benzene rings is 1. The van der Waals surface area contributed by atoms with Crippen molar-refractivity contribution in [3.05, 3.63) is 35.4 Å². The minimum absolute atomic E-state index is 0.161. The summed E-state index contributed by atoms with van der Waals surface area (Å²) in [5.41, 5.74) is 2.70. The molecular formula is C9H11NO. The van der Waals surface area contributed by atoms with Gasteiger partial charge in [-0.25, -0.2) is 0 Å². The Morgan fingerprint density at radius 1 is 1.18 bits per heavy atom. The smallest absolute Gasteiger partial charge is 0.0962 e. The van der Waals surface area contributed by atoms with Crippen LogP contribution in [0.5, 0.6) is 0 Å². The molecule has 0 unspecified atom stereocenters. The molecule has 1 aromatic carbocycles. The van der Waals surface area contributed by atoms with Crippen molar-refractivity contribution in [1.29, 1.82) is 0 Å². The Kier molecular flexibility index (Phi) is 1.64. The van der Waals surface area contributed by atoms with E-state index in [1.54, 1.807) is 0 Å². The van der Waals surface area contributed by atoms with Crippen molar-refractivity contribution in [2.45, 2.75) is 13.1 Å². The van der Waals surface area contributed by atoms with E-state index in [-0.39, 0.29) is 6.73 Å². The lowest BCUT2D eigenvalue weighted by Crippen LogP contribution is -2.16. The van der Waals surface area contributed by atoms with Crippen LogP contribution in [-0.2, 0) is 13.1 Å². The van der Waals surface area contributed by atoms with Crippen molar-refractivity contribution >= 4 is 0 Å². The predicted molar refractivity (Wildman–Crippen MR) is 42.8 cm³/mol. The fraction of sp³-hybridized carbons (Fsp3) is 0.333. The number of fused-ring (bicyclic) bond motifs is 1. The van der Waals surface area contributed by atoms with Gasteiger partial charge in [0.25, 0.3) is 0 Å². The molecule has 58 valence electrons. The van der Waals surface area contributed by atoms with Gasteiger partial charge in [-0.3, -0.25) is 4.90 Å². The monoisotopic (exact) mass is 149 g/mol. The molecule has 0 amide bonds. The van der Waals surface area contributed by atoms with Crippen LogP contribution in [0.15, 0.2) is 24.3 Å². The first-order valence-corrected chi connectivity index (χ1v) is 3.80. The van der Waals surface area contributed by atoms with Crippen molar-refractivity contribution in [3.8, 4) is 0 Å². The minimum atomic E-state index is 0.161. The first-order valence-electron chi connectivity index (χ1n) is 3.80. The molecule has 0 atom stereocenters. The van der Waals surface area contributed by atoms with Crippen LogP contribution in [0.25, 0.3) is 0 Å². The van der Waals surface area contributed by atoms with Gasteiger partial charge in [0.2, 0.25) is 0 Å². The number of hydrogen-bond acceptors (Lipinski definition) is 2. The van der Waals surface area contributed by atoms with Crippen LogP contribution in [0.2, 0.25) is 0 Å². The van der Waals surface area contributed by atoms with E-state index in [1.165, 1.54) is 11.1 Å². The Hall–Kier alpha value is -0.860. The standard InChI is InChI=1S/C9H11NO/c11-7-10-5-8-3-1-2-4-9(8)6-10/h1-4,11H,5-7H2. The van der Waals surface area contributed by atoms with E-state index in [0.29, 0.717) is 0 Å². The Morgan fingerprint density at radius 3 is 2.18 bits per heavy atom. The van der Waals surface area contributed by atoms with Crippen molar-refractivity contribution < 1.29 is 5.11 Å². The van der Waals surface area contributed by atoms with Crippen molar-refractivity contribution in [2.24, 2.45) is 0 Å². The van der Waals surface area contributed by atoms with Gasteiger partial charge in [0.1, 0.15) is 0 Å². The van der Waals surface area contributed by atoms with Crippen LogP contribution in [0, 0.1) is 0 Å². The third kappa shape index (κ3) is 1.15. The van der Waals surface area contributed by atoms with Gasteiger partial charge in [0.05, 0.1) is 6.73 Å². The van der Waals surface area contributed by atoms with Gasteiger partial charge >= 0.3 is 0 Å². The second kappa shape index (κ2) is 2.64. The molecule has 2 rings (SSSR count). The summed E-state index contributed by atoms with van der Waals surface area (Å²) in [6.07, 6.45) is 0. The summed E-state index contributed by atoms with van der Waals surface area (Å²) in [6, 6.07) is 8.31. The van der Waals surface area contributed by atoms with E-state index in [0.717, 1.165) is 13.1 Å². The maximum absolute atomic E-state index is 8.86. The van der Waals surface area contributed by atoms with Gasteiger partial charge in [-0.1, -0.05) is 24.3 Å². The van der Waals surface area contributed by atoms with Gasteiger partial charge < -0.3 is 5.11 Å². The molecule has 0 bridgehead atoms. The van der Waals surface area contributed by atoms with E-state index in [2.05, 4.69) is 12.1 Å². The fourth-order valence-corrected chi connectivity index (χ4v) is 1.50. The quantitative estimate of drug-likeness (QED) is 0.642. The third-order valence-corrected chi connectivity index (χ3v) is 2.11. The minimum Gasteiger partial charge on any atom is -0.381 e. The van der Waals surface area contributed by atoms with Gasteiger partial charge in [-0.2, -0.15) is 0 Å². The van der Waals surface area contributed by atoms with Gasteiger partial charge in [-0.15, -0.1) is 0 Å². The van der Waals surface area contributed by atoms with E-state index < -0.39 is 0 Å². The van der Waals surface area contributed by atoms with Crippen LogP contribution >= 0.6 is 0 Å². The van der Waals surface area contributed by atoms with Crippen molar-refractivity contribution in [1.82, 2.24) is 4.90 Å². The Balaban J connectivity index is 2.27. The van der Waals surface area contributed by atoms with Gasteiger partial charge in [-0.05, 0) is 11.1 Å². The van der Waals surface area contributed by atoms with Gasteiger partial charge in [0.15, 0.2) is 0 Å². The fourth-order valence-electron chi connectivity index (χ4n) is 1.50. The molecule has 1 aromatic rings. The Bertz CT molecular complexity index is 234. The summed E-state index contributed by atoms with van der Waals surface area (Å²) in [7, 11) is 0. The number of nitrogens with zero attached hydrogens (tertiary/aromatic N) is 1. The number of hydrogen-bond donors (Lipinski definition) is 1. The molecule has 0 radical (unpaired) electrons. The highest BCUT2D eigenvalue weighted by Crippen LogP contribution is 2.20. The van der Waals surface area contributed by atoms with Crippen LogP contribution in [0.3, 0.4) is 0 Å². The topological polar surface area (TPSA) is 23.5 Å². The molecule has 0 fully saturated rings. The average Bonchev–Trinajstić information content (AvgIpc) is 2.46. The lowest BCUT2D eigenvalue weighted by Gasteiger charge is -2.08. The second-order valence-corrected chi connectivity index (χ2v) is 2.90. The van der Waals surface area contributed by atoms with Crippen molar-refractivity contribution in [2.75, 3.05) is 6.73 Å². The first-order chi connectivity index (χ1) is 5.40. The molecule has 1 heterocycles. The van der Waals surface area contributed by atoms with E-state index in [1.807, 2.05) is 17.0 Å². The van der Waals surface area contributed by atoms with Crippen molar-refractivity contribution in [3.63, 3.8) is 0 Å². The highest BCUT2D eigenvalue weighted by Gasteiger charge is 2.16. The molecule has 2 heteroatoms. The zero-order chi connectivity index (χ0) is 7.68. The molecule has 1 aliphatic heterocycles. The maximum Gasteiger partial charge on any atom is 0.0962 e. The van der Waals surface area contributed by atoms with Crippen LogP contribution < -0.4 is 0 Å². The summed E-state index contributed by atoms with van der Waals surface area (Å²) >= 11 is 0. The molecule has 1 aliphatic rings. The molecule has 0 aromatic heterocycles. The second-order valence-electron chi connectivity index (χ2n) is 2.90. The molecular weight excluding hydrogens is 138 g/mol. The van der Waals surface area contributed by atoms with E-state index in [4.69, 9.17) is 5.11 Å². The van der Waals surface area contributed by atoms with Gasteiger partial charge in [0, 0.05) is 13.1 Å². The molecule has 0 aliphatic carbocycles. The van der Waals surface area contributed by atoms with Crippen LogP contribution in [0.1, 0.15) is 11.1 Å².